The molecule has 0 radical (unpaired) electrons. The standard InChI is InChI=1S/C19H20N2O2S/c1-3-14-8-7-11-16-18(14)21(2)19(24-16)20-17(22)12-13-23-15-9-5-4-6-10-15/h4-11H,3,12-13H2,1-2H3. The molecule has 0 aliphatic heterocycles. The molecule has 0 atom stereocenters. The highest BCUT2D eigenvalue weighted by Gasteiger charge is 2.08. The average Bonchev–Trinajstić information content (AvgIpc) is 2.92. The van der Waals surface area contributed by atoms with Crippen molar-refractivity contribution in [2.45, 2.75) is 19.8 Å². The van der Waals surface area contributed by atoms with Gasteiger partial charge in [-0.1, -0.05) is 48.6 Å². The van der Waals surface area contributed by atoms with Gasteiger partial charge >= 0.3 is 0 Å². The van der Waals surface area contributed by atoms with Gasteiger partial charge in [0, 0.05) is 7.05 Å². The Hall–Kier alpha value is -2.40. The van der Waals surface area contributed by atoms with E-state index < -0.39 is 0 Å². The third kappa shape index (κ3) is 3.57. The van der Waals surface area contributed by atoms with Crippen LogP contribution in [-0.2, 0) is 18.3 Å². The number of ether oxygens (including phenoxy) is 1. The smallest absolute Gasteiger partial charge is 0.251 e. The number of para-hydroxylation sites is 2. The largest absolute Gasteiger partial charge is 0.493 e. The molecule has 0 spiro atoms. The zero-order valence-corrected chi connectivity index (χ0v) is 14.7. The Labute approximate surface area is 145 Å². The van der Waals surface area contributed by atoms with Crippen LogP contribution in [-0.4, -0.2) is 17.1 Å². The summed E-state index contributed by atoms with van der Waals surface area (Å²) >= 11 is 1.55. The van der Waals surface area contributed by atoms with Crippen molar-refractivity contribution in [3.05, 3.63) is 58.9 Å². The van der Waals surface area contributed by atoms with Gasteiger partial charge in [-0.25, -0.2) is 0 Å². The number of thiazole rings is 1. The lowest BCUT2D eigenvalue weighted by Crippen LogP contribution is -2.15. The molecule has 2 aromatic carbocycles. The van der Waals surface area contributed by atoms with E-state index in [4.69, 9.17) is 4.74 Å². The van der Waals surface area contributed by atoms with Gasteiger partial charge < -0.3 is 9.30 Å². The number of aromatic nitrogens is 1. The minimum absolute atomic E-state index is 0.161. The summed E-state index contributed by atoms with van der Waals surface area (Å²) in [5.41, 5.74) is 2.43. The fourth-order valence-electron chi connectivity index (χ4n) is 2.61. The van der Waals surface area contributed by atoms with Crippen LogP contribution in [0.3, 0.4) is 0 Å². The summed E-state index contributed by atoms with van der Waals surface area (Å²) in [5, 5.41) is 0. The van der Waals surface area contributed by atoms with Gasteiger partial charge in [-0.2, -0.15) is 4.99 Å². The molecule has 0 bridgehead atoms. The first-order valence-electron chi connectivity index (χ1n) is 8.02. The maximum Gasteiger partial charge on any atom is 0.251 e. The first-order chi connectivity index (χ1) is 11.7. The summed E-state index contributed by atoms with van der Waals surface area (Å²) in [4.78, 5) is 17.1. The molecule has 0 N–H and O–H groups in total. The van der Waals surface area contributed by atoms with Crippen LogP contribution in [0.15, 0.2) is 53.5 Å². The summed E-state index contributed by atoms with van der Waals surface area (Å²) in [6.45, 7) is 2.47. The molecule has 124 valence electrons. The van der Waals surface area contributed by atoms with Crippen molar-refractivity contribution in [3.8, 4) is 5.75 Å². The predicted octanol–water partition coefficient (Wildman–Crippen LogP) is 3.70. The Morgan fingerprint density at radius 1 is 1.17 bits per heavy atom. The number of fused-ring (bicyclic) bond motifs is 1. The summed E-state index contributed by atoms with van der Waals surface area (Å²) in [5.74, 6) is 0.608. The molecule has 0 saturated heterocycles. The zero-order valence-electron chi connectivity index (χ0n) is 13.9. The molecular weight excluding hydrogens is 320 g/mol. The van der Waals surface area contributed by atoms with Gasteiger partial charge in [0.1, 0.15) is 5.75 Å². The molecule has 4 nitrogen and oxygen atoms in total. The molecule has 5 heteroatoms. The number of carbonyl (C=O) groups is 1. The zero-order chi connectivity index (χ0) is 16.9. The van der Waals surface area contributed by atoms with Gasteiger partial charge in [-0.15, -0.1) is 0 Å². The lowest BCUT2D eigenvalue weighted by molar-refractivity contribution is -0.118. The molecule has 1 heterocycles. The van der Waals surface area contributed by atoms with Crippen LogP contribution < -0.4 is 9.54 Å². The second-order valence-corrected chi connectivity index (χ2v) is 6.49. The Bertz CT molecular complexity index is 910. The third-order valence-electron chi connectivity index (χ3n) is 3.84. The Balaban J connectivity index is 1.75. The number of carbonyl (C=O) groups excluding carboxylic acids is 1. The normalized spacial score (nSPS) is 11.8. The first-order valence-corrected chi connectivity index (χ1v) is 8.83. The van der Waals surface area contributed by atoms with E-state index in [0.717, 1.165) is 27.2 Å². The van der Waals surface area contributed by atoms with Gasteiger partial charge in [0.15, 0.2) is 4.80 Å². The Morgan fingerprint density at radius 2 is 1.96 bits per heavy atom. The molecule has 0 saturated carbocycles. The van der Waals surface area contributed by atoms with Crippen molar-refractivity contribution in [2.24, 2.45) is 12.0 Å². The molecule has 0 unspecified atom stereocenters. The minimum Gasteiger partial charge on any atom is -0.493 e. The lowest BCUT2D eigenvalue weighted by atomic mass is 10.1. The number of aryl methyl sites for hydroxylation is 2. The van der Waals surface area contributed by atoms with E-state index in [1.54, 1.807) is 11.3 Å². The van der Waals surface area contributed by atoms with E-state index >= 15 is 0 Å². The SMILES string of the molecule is CCc1cccc2sc(=NC(=O)CCOc3ccccc3)n(C)c12. The number of hydrogen-bond acceptors (Lipinski definition) is 3. The molecule has 3 aromatic rings. The molecule has 0 fully saturated rings. The maximum absolute atomic E-state index is 12.1. The number of nitrogens with zero attached hydrogens (tertiary/aromatic N) is 2. The molecule has 1 amide bonds. The average molecular weight is 340 g/mol. The van der Waals surface area contributed by atoms with E-state index in [2.05, 4.69) is 30.1 Å². The van der Waals surface area contributed by atoms with Crippen LogP contribution in [0.1, 0.15) is 18.9 Å². The fourth-order valence-corrected chi connectivity index (χ4v) is 3.70. The molecular formula is C19H20N2O2S. The van der Waals surface area contributed by atoms with Gasteiger partial charge in [0.05, 0.1) is 23.2 Å². The maximum atomic E-state index is 12.1. The number of amides is 1. The third-order valence-corrected chi connectivity index (χ3v) is 4.93. The van der Waals surface area contributed by atoms with E-state index in [1.165, 1.54) is 5.56 Å². The minimum atomic E-state index is -0.161. The molecule has 0 aliphatic carbocycles. The van der Waals surface area contributed by atoms with Crippen LogP contribution in [0.25, 0.3) is 10.2 Å². The second kappa shape index (κ2) is 7.45. The first kappa shape index (κ1) is 16.5. The molecule has 3 rings (SSSR count). The van der Waals surface area contributed by atoms with Gasteiger partial charge in [-0.3, -0.25) is 4.79 Å². The van der Waals surface area contributed by atoms with Crippen molar-refractivity contribution < 1.29 is 9.53 Å². The van der Waals surface area contributed by atoms with E-state index in [1.807, 2.05) is 41.9 Å². The van der Waals surface area contributed by atoms with Crippen LogP contribution in [0, 0.1) is 0 Å². The number of rotatable bonds is 5. The Kier molecular flexibility index (Phi) is 5.11. The molecule has 1 aromatic heterocycles. The summed E-state index contributed by atoms with van der Waals surface area (Å²) in [7, 11) is 1.96. The molecule has 0 aliphatic rings. The van der Waals surface area contributed by atoms with Gasteiger partial charge in [-0.05, 0) is 30.2 Å². The number of hydrogen-bond donors (Lipinski definition) is 0. The van der Waals surface area contributed by atoms with Gasteiger partial charge in [0.25, 0.3) is 5.91 Å². The van der Waals surface area contributed by atoms with E-state index in [0.29, 0.717) is 6.61 Å². The van der Waals surface area contributed by atoms with Crippen molar-refractivity contribution in [1.82, 2.24) is 4.57 Å². The van der Waals surface area contributed by atoms with Crippen LogP contribution in [0.4, 0.5) is 0 Å². The van der Waals surface area contributed by atoms with E-state index in [-0.39, 0.29) is 12.3 Å². The highest BCUT2D eigenvalue weighted by Crippen LogP contribution is 2.21. The quantitative estimate of drug-likeness (QED) is 0.711. The second-order valence-electron chi connectivity index (χ2n) is 5.48. The van der Waals surface area contributed by atoms with Crippen molar-refractivity contribution >= 4 is 27.5 Å². The lowest BCUT2D eigenvalue weighted by Gasteiger charge is -2.03. The summed E-state index contributed by atoms with van der Waals surface area (Å²) in [6.07, 6.45) is 1.23. The number of benzene rings is 2. The Morgan fingerprint density at radius 3 is 2.71 bits per heavy atom. The highest BCUT2D eigenvalue weighted by atomic mass is 32.1. The molecule has 24 heavy (non-hydrogen) atoms. The fraction of sp³-hybridized carbons (Fsp3) is 0.263. The van der Waals surface area contributed by atoms with Gasteiger partial charge in [0.2, 0.25) is 0 Å². The summed E-state index contributed by atoms with van der Waals surface area (Å²) < 4.78 is 8.72. The topological polar surface area (TPSA) is 43.6 Å². The van der Waals surface area contributed by atoms with Crippen LogP contribution in [0.2, 0.25) is 0 Å². The van der Waals surface area contributed by atoms with E-state index in [9.17, 15) is 4.79 Å². The van der Waals surface area contributed by atoms with Crippen LogP contribution >= 0.6 is 11.3 Å². The highest BCUT2D eigenvalue weighted by molar-refractivity contribution is 7.16. The monoisotopic (exact) mass is 340 g/mol. The predicted molar refractivity (Wildman–Crippen MR) is 97.3 cm³/mol. The van der Waals surface area contributed by atoms with Crippen molar-refractivity contribution in [2.75, 3.05) is 6.61 Å². The van der Waals surface area contributed by atoms with Crippen molar-refractivity contribution in [3.63, 3.8) is 0 Å². The van der Waals surface area contributed by atoms with Crippen molar-refractivity contribution in [1.29, 1.82) is 0 Å². The van der Waals surface area contributed by atoms with Crippen LogP contribution in [0.5, 0.6) is 5.75 Å². The summed E-state index contributed by atoms with van der Waals surface area (Å²) in [6, 6.07) is 15.7.